The number of nitrogens with zero attached hydrogens (tertiary/aromatic N) is 2. The summed E-state index contributed by atoms with van der Waals surface area (Å²) in [5.41, 5.74) is 2.52. The van der Waals surface area contributed by atoms with Gasteiger partial charge < -0.3 is 14.5 Å². The maximum absolute atomic E-state index is 11.5. The van der Waals surface area contributed by atoms with Gasteiger partial charge in [0.2, 0.25) is 0 Å². The molecule has 4 heteroatoms. The molecule has 0 spiro atoms. The molecular formula is C12H18N2O2. The molecule has 0 aliphatic heterocycles. The molecule has 0 fully saturated rings. The minimum Gasteiger partial charge on any atom is -0.465 e. The van der Waals surface area contributed by atoms with E-state index >= 15 is 0 Å². The SMILES string of the molecule is COC(=O)c1cc(N(C)C)cc(N(C)C)c1. The molecule has 0 saturated heterocycles. The predicted octanol–water partition coefficient (Wildman–Crippen LogP) is 1.61. The first-order valence-electron chi connectivity index (χ1n) is 5.03. The first-order valence-corrected chi connectivity index (χ1v) is 5.03. The zero-order valence-corrected chi connectivity index (χ0v) is 10.4. The van der Waals surface area contributed by atoms with Crippen LogP contribution in [0, 0.1) is 0 Å². The molecule has 0 aliphatic carbocycles. The van der Waals surface area contributed by atoms with E-state index in [0.29, 0.717) is 5.56 Å². The molecule has 0 amide bonds. The molecule has 88 valence electrons. The maximum Gasteiger partial charge on any atom is 0.337 e. The second-order valence-electron chi connectivity index (χ2n) is 4.02. The topological polar surface area (TPSA) is 32.8 Å². The van der Waals surface area contributed by atoms with E-state index in [1.54, 1.807) is 0 Å². The summed E-state index contributed by atoms with van der Waals surface area (Å²) < 4.78 is 4.73. The smallest absolute Gasteiger partial charge is 0.337 e. The fraction of sp³-hybridized carbons (Fsp3) is 0.417. The Bertz CT molecular complexity index is 360. The summed E-state index contributed by atoms with van der Waals surface area (Å²) in [6.45, 7) is 0. The van der Waals surface area contributed by atoms with Crippen molar-refractivity contribution < 1.29 is 9.53 Å². The van der Waals surface area contributed by atoms with Crippen LogP contribution in [0.15, 0.2) is 18.2 Å². The van der Waals surface area contributed by atoms with E-state index in [1.165, 1.54) is 7.11 Å². The van der Waals surface area contributed by atoms with Crippen LogP contribution in [-0.4, -0.2) is 41.3 Å². The van der Waals surface area contributed by atoms with Gasteiger partial charge in [-0.25, -0.2) is 4.79 Å². The molecule has 0 aliphatic rings. The number of benzene rings is 1. The van der Waals surface area contributed by atoms with Crippen LogP contribution in [0.2, 0.25) is 0 Å². The van der Waals surface area contributed by atoms with Gasteiger partial charge in [-0.15, -0.1) is 0 Å². The average molecular weight is 222 g/mol. The highest BCUT2D eigenvalue weighted by Crippen LogP contribution is 2.23. The van der Waals surface area contributed by atoms with Crippen molar-refractivity contribution >= 4 is 17.3 Å². The van der Waals surface area contributed by atoms with Gasteiger partial charge in [0.15, 0.2) is 0 Å². The summed E-state index contributed by atoms with van der Waals surface area (Å²) in [5, 5.41) is 0. The largest absolute Gasteiger partial charge is 0.465 e. The fourth-order valence-corrected chi connectivity index (χ4v) is 1.35. The second kappa shape index (κ2) is 4.88. The van der Waals surface area contributed by atoms with Gasteiger partial charge in [-0.1, -0.05) is 0 Å². The molecular weight excluding hydrogens is 204 g/mol. The van der Waals surface area contributed by atoms with Crippen molar-refractivity contribution in [3.05, 3.63) is 23.8 Å². The summed E-state index contributed by atoms with van der Waals surface area (Å²) in [7, 11) is 9.15. The molecule has 0 atom stereocenters. The first-order chi connectivity index (χ1) is 7.45. The minimum absolute atomic E-state index is 0.313. The summed E-state index contributed by atoms with van der Waals surface area (Å²) in [4.78, 5) is 15.4. The second-order valence-corrected chi connectivity index (χ2v) is 4.02. The lowest BCUT2D eigenvalue weighted by Gasteiger charge is -2.19. The quantitative estimate of drug-likeness (QED) is 0.727. The van der Waals surface area contributed by atoms with Crippen molar-refractivity contribution in [3.8, 4) is 0 Å². The number of hydrogen-bond donors (Lipinski definition) is 0. The van der Waals surface area contributed by atoms with Crippen LogP contribution >= 0.6 is 0 Å². The molecule has 4 nitrogen and oxygen atoms in total. The molecule has 0 radical (unpaired) electrons. The van der Waals surface area contributed by atoms with Gasteiger partial charge in [0.1, 0.15) is 0 Å². The summed E-state index contributed by atoms with van der Waals surface area (Å²) in [5.74, 6) is -0.313. The van der Waals surface area contributed by atoms with E-state index in [2.05, 4.69) is 0 Å². The molecule has 1 rings (SSSR count). The normalized spacial score (nSPS) is 9.81. The molecule has 16 heavy (non-hydrogen) atoms. The monoisotopic (exact) mass is 222 g/mol. The fourth-order valence-electron chi connectivity index (χ4n) is 1.35. The zero-order valence-electron chi connectivity index (χ0n) is 10.4. The van der Waals surface area contributed by atoms with Gasteiger partial charge in [0.05, 0.1) is 12.7 Å². The Kier molecular flexibility index (Phi) is 3.77. The van der Waals surface area contributed by atoms with Gasteiger partial charge >= 0.3 is 5.97 Å². The third-order valence-corrected chi connectivity index (χ3v) is 2.36. The van der Waals surface area contributed by atoms with Crippen LogP contribution in [0.5, 0.6) is 0 Å². The van der Waals surface area contributed by atoms with E-state index < -0.39 is 0 Å². The third-order valence-electron chi connectivity index (χ3n) is 2.36. The van der Waals surface area contributed by atoms with Crippen LogP contribution < -0.4 is 9.80 Å². The Balaban J connectivity index is 3.24. The Morgan fingerprint density at radius 2 is 1.44 bits per heavy atom. The van der Waals surface area contributed by atoms with Crippen molar-refractivity contribution in [1.29, 1.82) is 0 Å². The van der Waals surface area contributed by atoms with Gasteiger partial charge in [-0.05, 0) is 18.2 Å². The van der Waals surface area contributed by atoms with Gasteiger partial charge in [0, 0.05) is 39.6 Å². The van der Waals surface area contributed by atoms with E-state index in [1.807, 2.05) is 56.2 Å². The first kappa shape index (κ1) is 12.4. The number of esters is 1. The Morgan fingerprint density at radius 1 is 1.00 bits per heavy atom. The Morgan fingerprint density at radius 3 is 1.75 bits per heavy atom. The van der Waals surface area contributed by atoms with Crippen LogP contribution in [0.3, 0.4) is 0 Å². The Labute approximate surface area is 96.4 Å². The molecule has 0 N–H and O–H groups in total. The lowest BCUT2D eigenvalue weighted by Crippen LogP contribution is -2.14. The number of carbonyl (C=O) groups is 1. The number of anilines is 2. The third kappa shape index (κ3) is 2.66. The van der Waals surface area contributed by atoms with Crippen LogP contribution in [0.1, 0.15) is 10.4 Å². The number of ether oxygens (including phenoxy) is 1. The van der Waals surface area contributed by atoms with Crippen molar-refractivity contribution in [2.75, 3.05) is 45.1 Å². The summed E-state index contributed by atoms with van der Waals surface area (Å²) >= 11 is 0. The number of carbonyl (C=O) groups excluding carboxylic acids is 1. The highest BCUT2D eigenvalue weighted by Gasteiger charge is 2.10. The average Bonchev–Trinajstić information content (AvgIpc) is 2.27. The van der Waals surface area contributed by atoms with Crippen molar-refractivity contribution in [2.24, 2.45) is 0 Å². The molecule has 0 aromatic heterocycles. The highest BCUT2D eigenvalue weighted by molar-refractivity contribution is 5.92. The van der Waals surface area contributed by atoms with Crippen molar-refractivity contribution in [3.63, 3.8) is 0 Å². The van der Waals surface area contributed by atoms with Crippen molar-refractivity contribution in [2.45, 2.75) is 0 Å². The van der Waals surface area contributed by atoms with Gasteiger partial charge in [0.25, 0.3) is 0 Å². The lowest BCUT2D eigenvalue weighted by atomic mass is 10.1. The Hall–Kier alpha value is -1.71. The summed E-state index contributed by atoms with van der Waals surface area (Å²) in [6, 6.07) is 5.66. The molecule has 1 aromatic carbocycles. The van der Waals surface area contributed by atoms with Gasteiger partial charge in [-0.3, -0.25) is 0 Å². The summed E-state index contributed by atoms with van der Waals surface area (Å²) in [6.07, 6.45) is 0. The van der Waals surface area contributed by atoms with E-state index in [0.717, 1.165) is 11.4 Å². The molecule has 1 aromatic rings. The number of rotatable bonds is 3. The molecule has 0 bridgehead atoms. The van der Waals surface area contributed by atoms with E-state index in [9.17, 15) is 4.79 Å². The van der Waals surface area contributed by atoms with Gasteiger partial charge in [-0.2, -0.15) is 0 Å². The number of hydrogen-bond acceptors (Lipinski definition) is 4. The lowest BCUT2D eigenvalue weighted by molar-refractivity contribution is 0.0601. The molecule has 0 saturated carbocycles. The van der Waals surface area contributed by atoms with E-state index in [4.69, 9.17) is 4.74 Å². The van der Waals surface area contributed by atoms with Crippen LogP contribution in [0.4, 0.5) is 11.4 Å². The standard InChI is InChI=1S/C12H18N2O2/c1-13(2)10-6-9(12(15)16-5)7-11(8-10)14(3)4/h6-8H,1-5H3. The predicted molar refractivity (Wildman–Crippen MR) is 66.4 cm³/mol. The van der Waals surface area contributed by atoms with Crippen LogP contribution in [-0.2, 0) is 4.74 Å². The molecule has 0 unspecified atom stereocenters. The van der Waals surface area contributed by atoms with E-state index in [-0.39, 0.29) is 5.97 Å². The van der Waals surface area contributed by atoms with Crippen LogP contribution in [0.25, 0.3) is 0 Å². The molecule has 0 heterocycles. The minimum atomic E-state index is -0.313. The van der Waals surface area contributed by atoms with Crippen molar-refractivity contribution in [1.82, 2.24) is 0 Å². The highest BCUT2D eigenvalue weighted by atomic mass is 16.5. The number of methoxy groups -OCH3 is 1. The zero-order chi connectivity index (χ0) is 12.3. The maximum atomic E-state index is 11.5.